The summed E-state index contributed by atoms with van der Waals surface area (Å²) in [6, 6.07) is -0.372. The molecule has 0 aliphatic carbocycles. The molecule has 1 unspecified atom stereocenters. The molecular weight excluding hydrogens is 174 g/mol. The van der Waals surface area contributed by atoms with Crippen molar-refractivity contribution in [3.63, 3.8) is 0 Å². The van der Waals surface area contributed by atoms with Crippen molar-refractivity contribution in [3.8, 4) is 0 Å². The minimum atomic E-state index is -0.372. The fourth-order valence-corrected chi connectivity index (χ4v) is 0.762. The molecule has 0 aliphatic heterocycles. The predicted octanol–water partition coefficient (Wildman–Crippen LogP) is -1.15. The Hall–Kier alpha value is -1.50. The lowest BCUT2D eigenvalue weighted by molar-refractivity contribution is -0.142. The van der Waals surface area contributed by atoms with Crippen LogP contribution in [0.5, 0.6) is 0 Å². The zero-order valence-electron chi connectivity index (χ0n) is 7.44. The van der Waals surface area contributed by atoms with Gasteiger partial charge in [0.1, 0.15) is 6.04 Å². The number of hydrogen-bond donors (Lipinski definition) is 2. The number of tetrazole rings is 1. The lowest BCUT2D eigenvalue weighted by Crippen LogP contribution is -2.34. The van der Waals surface area contributed by atoms with Gasteiger partial charge in [0.2, 0.25) is 0 Å². The van der Waals surface area contributed by atoms with Crippen molar-refractivity contribution in [3.05, 3.63) is 5.82 Å². The van der Waals surface area contributed by atoms with Gasteiger partial charge in [-0.25, -0.2) is 0 Å². The largest absolute Gasteiger partial charge is 0.468 e. The van der Waals surface area contributed by atoms with Gasteiger partial charge in [-0.2, -0.15) is 5.21 Å². The molecule has 0 aromatic carbocycles. The molecular formula is C6H11N5O2. The topological polar surface area (TPSA) is 92.8 Å². The fraction of sp³-hybridized carbons (Fsp3) is 0.667. The minimum absolute atomic E-state index is 0.316. The normalized spacial score (nSPS) is 12.5. The maximum Gasteiger partial charge on any atom is 0.322 e. The van der Waals surface area contributed by atoms with E-state index < -0.39 is 0 Å². The summed E-state index contributed by atoms with van der Waals surface area (Å²) in [4.78, 5) is 10.9. The van der Waals surface area contributed by atoms with Crippen LogP contribution in [-0.4, -0.2) is 39.7 Å². The molecule has 0 fully saturated rings. The first-order valence-electron chi connectivity index (χ1n) is 3.77. The van der Waals surface area contributed by atoms with Crippen molar-refractivity contribution in [2.75, 3.05) is 7.11 Å². The number of aromatic amines is 1. The zero-order valence-corrected chi connectivity index (χ0v) is 7.44. The van der Waals surface area contributed by atoms with Gasteiger partial charge >= 0.3 is 5.97 Å². The van der Waals surface area contributed by atoms with Gasteiger partial charge in [-0.15, -0.1) is 10.2 Å². The number of carbonyl (C=O) groups is 1. The van der Waals surface area contributed by atoms with Crippen LogP contribution in [0.4, 0.5) is 0 Å². The smallest absolute Gasteiger partial charge is 0.322 e. The second kappa shape index (κ2) is 4.51. The van der Waals surface area contributed by atoms with Gasteiger partial charge < -0.3 is 4.74 Å². The van der Waals surface area contributed by atoms with Crippen molar-refractivity contribution in [1.29, 1.82) is 0 Å². The fourth-order valence-electron chi connectivity index (χ4n) is 0.762. The highest BCUT2D eigenvalue weighted by atomic mass is 16.5. The van der Waals surface area contributed by atoms with Gasteiger partial charge in [0.05, 0.1) is 13.7 Å². The quantitative estimate of drug-likeness (QED) is 0.575. The summed E-state index contributed by atoms with van der Waals surface area (Å²) >= 11 is 0. The number of nitrogens with zero attached hydrogens (tertiary/aromatic N) is 3. The summed E-state index contributed by atoms with van der Waals surface area (Å²) < 4.78 is 4.52. The van der Waals surface area contributed by atoms with Crippen LogP contribution in [-0.2, 0) is 16.1 Å². The maximum atomic E-state index is 10.9. The Morgan fingerprint density at radius 3 is 3.08 bits per heavy atom. The zero-order chi connectivity index (χ0) is 9.68. The van der Waals surface area contributed by atoms with Crippen molar-refractivity contribution < 1.29 is 9.53 Å². The molecule has 7 heteroatoms. The van der Waals surface area contributed by atoms with Crippen LogP contribution in [0.15, 0.2) is 0 Å². The first kappa shape index (κ1) is 9.59. The SMILES string of the molecule is COC(=O)C(C)NCc1nn[nH]n1. The Morgan fingerprint density at radius 1 is 1.77 bits per heavy atom. The van der Waals surface area contributed by atoms with Crippen LogP contribution >= 0.6 is 0 Å². The van der Waals surface area contributed by atoms with E-state index in [-0.39, 0.29) is 12.0 Å². The van der Waals surface area contributed by atoms with E-state index in [1.807, 2.05) is 0 Å². The number of H-pyrrole nitrogens is 1. The lowest BCUT2D eigenvalue weighted by atomic mass is 10.3. The van der Waals surface area contributed by atoms with E-state index in [1.165, 1.54) is 7.11 Å². The van der Waals surface area contributed by atoms with E-state index in [0.29, 0.717) is 12.4 Å². The molecule has 0 saturated carbocycles. The number of nitrogens with one attached hydrogen (secondary N) is 2. The molecule has 1 rings (SSSR count). The number of carbonyl (C=O) groups excluding carboxylic acids is 1. The summed E-state index contributed by atoms with van der Waals surface area (Å²) in [5.41, 5.74) is 0. The highest BCUT2D eigenvalue weighted by Crippen LogP contribution is 1.88. The third-order valence-electron chi connectivity index (χ3n) is 1.51. The Balaban J connectivity index is 2.30. The number of rotatable bonds is 4. The summed E-state index contributed by atoms with van der Waals surface area (Å²) in [6.45, 7) is 2.08. The lowest BCUT2D eigenvalue weighted by Gasteiger charge is -2.08. The molecule has 7 nitrogen and oxygen atoms in total. The number of hydrogen-bond acceptors (Lipinski definition) is 6. The molecule has 1 atom stereocenters. The average molecular weight is 185 g/mol. The Morgan fingerprint density at radius 2 is 2.54 bits per heavy atom. The van der Waals surface area contributed by atoms with Gasteiger partial charge in [-0.1, -0.05) is 5.21 Å². The van der Waals surface area contributed by atoms with Crippen LogP contribution in [0, 0.1) is 0 Å². The van der Waals surface area contributed by atoms with Crippen molar-refractivity contribution in [1.82, 2.24) is 25.9 Å². The maximum absolute atomic E-state index is 10.9. The third-order valence-corrected chi connectivity index (χ3v) is 1.51. The Bertz CT molecular complexity index is 260. The van der Waals surface area contributed by atoms with E-state index in [1.54, 1.807) is 6.92 Å². The van der Waals surface area contributed by atoms with Crippen LogP contribution in [0.25, 0.3) is 0 Å². The van der Waals surface area contributed by atoms with E-state index >= 15 is 0 Å². The minimum Gasteiger partial charge on any atom is -0.468 e. The Labute approximate surface area is 74.9 Å². The van der Waals surface area contributed by atoms with Gasteiger partial charge in [0.15, 0.2) is 5.82 Å². The van der Waals surface area contributed by atoms with E-state index in [2.05, 4.69) is 30.7 Å². The molecule has 2 N–H and O–H groups in total. The van der Waals surface area contributed by atoms with Gasteiger partial charge in [-0.3, -0.25) is 10.1 Å². The van der Waals surface area contributed by atoms with Gasteiger partial charge in [0, 0.05) is 0 Å². The number of methoxy groups -OCH3 is 1. The highest BCUT2D eigenvalue weighted by Gasteiger charge is 2.12. The third kappa shape index (κ3) is 2.79. The molecule has 72 valence electrons. The van der Waals surface area contributed by atoms with Crippen LogP contribution < -0.4 is 5.32 Å². The predicted molar refractivity (Wildman–Crippen MR) is 42.5 cm³/mol. The molecule has 1 aromatic heterocycles. The number of esters is 1. The molecule has 0 saturated heterocycles. The van der Waals surface area contributed by atoms with E-state index in [4.69, 9.17) is 0 Å². The summed E-state index contributed by atoms with van der Waals surface area (Å²) in [7, 11) is 1.34. The Kier molecular flexibility index (Phi) is 3.32. The monoisotopic (exact) mass is 185 g/mol. The highest BCUT2D eigenvalue weighted by molar-refractivity contribution is 5.74. The molecule has 0 bridgehead atoms. The average Bonchev–Trinajstić information content (AvgIpc) is 2.65. The van der Waals surface area contributed by atoms with Gasteiger partial charge in [-0.05, 0) is 6.92 Å². The van der Waals surface area contributed by atoms with Crippen LogP contribution in [0.2, 0.25) is 0 Å². The second-order valence-electron chi connectivity index (χ2n) is 2.45. The molecule has 0 aliphatic rings. The molecule has 1 heterocycles. The molecule has 0 amide bonds. The number of aromatic nitrogens is 4. The molecule has 0 spiro atoms. The first-order chi connectivity index (χ1) is 6.24. The van der Waals surface area contributed by atoms with Crippen LogP contribution in [0.3, 0.4) is 0 Å². The second-order valence-corrected chi connectivity index (χ2v) is 2.45. The summed E-state index contributed by atoms with van der Waals surface area (Å²) in [6.07, 6.45) is 0. The summed E-state index contributed by atoms with van der Waals surface area (Å²) in [5, 5.41) is 16.0. The molecule has 0 radical (unpaired) electrons. The van der Waals surface area contributed by atoms with Crippen molar-refractivity contribution >= 4 is 5.97 Å². The number of ether oxygens (including phenoxy) is 1. The van der Waals surface area contributed by atoms with Crippen molar-refractivity contribution in [2.24, 2.45) is 0 Å². The van der Waals surface area contributed by atoms with E-state index in [0.717, 1.165) is 0 Å². The standard InChI is InChI=1S/C6H11N5O2/c1-4(6(12)13-2)7-3-5-8-10-11-9-5/h4,7H,3H2,1-2H3,(H,8,9,10,11). The molecule has 1 aromatic rings. The molecule has 13 heavy (non-hydrogen) atoms. The van der Waals surface area contributed by atoms with Crippen molar-refractivity contribution in [2.45, 2.75) is 19.5 Å². The summed E-state index contributed by atoms with van der Waals surface area (Å²) in [5.74, 6) is 0.194. The van der Waals surface area contributed by atoms with Gasteiger partial charge in [0.25, 0.3) is 0 Å². The van der Waals surface area contributed by atoms with E-state index in [9.17, 15) is 4.79 Å². The van der Waals surface area contributed by atoms with Crippen LogP contribution in [0.1, 0.15) is 12.7 Å². The first-order valence-corrected chi connectivity index (χ1v) is 3.77.